The van der Waals surface area contributed by atoms with Gasteiger partial charge in [-0.2, -0.15) is 0 Å². The molecule has 0 radical (unpaired) electrons. The first-order valence-electron chi connectivity index (χ1n) is 7.70. The van der Waals surface area contributed by atoms with Crippen LogP contribution in [0.15, 0.2) is 18.2 Å². The van der Waals surface area contributed by atoms with Crippen LogP contribution < -0.4 is 14.8 Å². The molecule has 0 spiro atoms. The van der Waals surface area contributed by atoms with Gasteiger partial charge in [-0.05, 0) is 43.4 Å². The predicted octanol–water partition coefficient (Wildman–Crippen LogP) is 2.59. The van der Waals surface area contributed by atoms with E-state index in [9.17, 15) is 0 Å². The molecule has 3 nitrogen and oxygen atoms in total. The molecule has 0 unspecified atom stereocenters. The Morgan fingerprint density at radius 2 is 1.85 bits per heavy atom. The average Bonchev–Trinajstić information content (AvgIpc) is 2.48. The van der Waals surface area contributed by atoms with Crippen LogP contribution in [0.2, 0.25) is 0 Å². The van der Waals surface area contributed by atoms with E-state index in [1.807, 2.05) is 6.07 Å². The lowest BCUT2D eigenvalue weighted by Gasteiger charge is -2.32. The minimum atomic E-state index is 0.756. The maximum absolute atomic E-state index is 5.37. The Hall–Kier alpha value is -1.22. The Morgan fingerprint density at radius 1 is 1.10 bits per heavy atom. The molecule has 2 N–H and O–H groups in total. The average molecular weight is 278 g/mol. The summed E-state index contributed by atoms with van der Waals surface area (Å²) in [5.74, 6) is 3.29. The van der Waals surface area contributed by atoms with Gasteiger partial charge in [-0.3, -0.25) is 0 Å². The number of benzene rings is 1. The van der Waals surface area contributed by atoms with Crippen LogP contribution in [0.5, 0.6) is 11.5 Å². The number of rotatable bonds is 5. The van der Waals surface area contributed by atoms with E-state index in [1.165, 1.54) is 24.8 Å². The second-order valence-corrected chi connectivity index (χ2v) is 6.06. The molecular formula is C17H28NO2+. The summed E-state index contributed by atoms with van der Waals surface area (Å²) in [4.78, 5) is 0. The van der Waals surface area contributed by atoms with Gasteiger partial charge in [-0.25, -0.2) is 0 Å². The molecule has 1 saturated carbocycles. The van der Waals surface area contributed by atoms with Gasteiger partial charge in [0.15, 0.2) is 11.5 Å². The molecule has 2 rings (SSSR count). The number of hydrogen-bond donors (Lipinski definition) is 1. The Bertz CT molecular complexity index is 433. The molecule has 0 amide bonds. The summed E-state index contributed by atoms with van der Waals surface area (Å²) in [5, 5.41) is 2.50. The molecule has 0 heterocycles. The lowest BCUT2D eigenvalue weighted by molar-refractivity contribution is -0.713. The smallest absolute Gasteiger partial charge is 0.161 e. The van der Waals surface area contributed by atoms with Crippen molar-refractivity contribution in [3.63, 3.8) is 0 Å². The third kappa shape index (κ3) is 3.45. The van der Waals surface area contributed by atoms with Gasteiger partial charge in [0.2, 0.25) is 0 Å². The van der Waals surface area contributed by atoms with Crippen molar-refractivity contribution in [2.24, 2.45) is 11.8 Å². The molecule has 1 fully saturated rings. The molecule has 1 aromatic rings. The Morgan fingerprint density at radius 3 is 2.55 bits per heavy atom. The lowest BCUT2D eigenvalue weighted by atomic mass is 9.78. The van der Waals surface area contributed by atoms with Crippen LogP contribution >= 0.6 is 0 Å². The monoisotopic (exact) mass is 278 g/mol. The highest BCUT2D eigenvalue weighted by molar-refractivity contribution is 5.42. The standard InChI is InChI=1S/C17H27NO2/c1-12-6-5-7-15(13(12)2)18-11-14-8-9-16(19-3)17(10-14)20-4/h8-10,12-13,15,18H,5-7,11H2,1-4H3/p+1/t12-,13+,15-/m1/s1. The second-order valence-electron chi connectivity index (χ2n) is 6.06. The summed E-state index contributed by atoms with van der Waals surface area (Å²) >= 11 is 0. The molecule has 1 aliphatic carbocycles. The molecule has 0 aromatic heterocycles. The third-order valence-corrected chi connectivity index (χ3v) is 4.87. The highest BCUT2D eigenvalue weighted by Gasteiger charge is 2.29. The van der Waals surface area contributed by atoms with E-state index in [2.05, 4.69) is 31.3 Å². The summed E-state index contributed by atoms with van der Waals surface area (Å²) in [6.45, 7) is 5.81. The molecule has 1 aromatic carbocycles. The highest BCUT2D eigenvalue weighted by Crippen LogP contribution is 2.29. The van der Waals surface area contributed by atoms with Gasteiger partial charge < -0.3 is 14.8 Å². The Kier molecular flexibility index (Phi) is 5.30. The largest absolute Gasteiger partial charge is 0.493 e. The quantitative estimate of drug-likeness (QED) is 0.898. The van der Waals surface area contributed by atoms with Gasteiger partial charge in [-0.1, -0.05) is 13.8 Å². The highest BCUT2D eigenvalue weighted by atomic mass is 16.5. The van der Waals surface area contributed by atoms with E-state index < -0.39 is 0 Å². The molecule has 20 heavy (non-hydrogen) atoms. The van der Waals surface area contributed by atoms with Gasteiger partial charge in [0, 0.05) is 11.5 Å². The molecule has 0 saturated heterocycles. The fraction of sp³-hybridized carbons (Fsp3) is 0.647. The lowest BCUT2D eigenvalue weighted by Crippen LogP contribution is -2.90. The normalized spacial score (nSPS) is 26.3. The zero-order valence-corrected chi connectivity index (χ0v) is 13.2. The van der Waals surface area contributed by atoms with E-state index in [4.69, 9.17) is 9.47 Å². The second kappa shape index (κ2) is 6.98. The zero-order chi connectivity index (χ0) is 14.5. The van der Waals surface area contributed by atoms with Crippen molar-refractivity contribution in [3.8, 4) is 11.5 Å². The zero-order valence-electron chi connectivity index (χ0n) is 13.2. The van der Waals surface area contributed by atoms with Crippen molar-refractivity contribution in [3.05, 3.63) is 23.8 Å². The minimum Gasteiger partial charge on any atom is -0.493 e. The molecule has 0 aliphatic heterocycles. The number of methoxy groups -OCH3 is 2. The predicted molar refractivity (Wildman–Crippen MR) is 81.1 cm³/mol. The third-order valence-electron chi connectivity index (χ3n) is 4.87. The maximum atomic E-state index is 5.37. The fourth-order valence-corrected chi connectivity index (χ4v) is 3.25. The van der Waals surface area contributed by atoms with Crippen LogP contribution in [0.25, 0.3) is 0 Å². The van der Waals surface area contributed by atoms with E-state index in [0.29, 0.717) is 0 Å². The number of hydrogen-bond acceptors (Lipinski definition) is 2. The fourth-order valence-electron chi connectivity index (χ4n) is 3.25. The van der Waals surface area contributed by atoms with Crippen LogP contribution in [-0.2, 0) is 6.54 Å². The molecule has 0 bridgehead atoms. The van der Waals surface area contributed by atoms with Crippen molar-refractivity contribution in [1.82, 2.24) is 0 Å². The van der Waals surface area contributed by atoms with Gasteiger partial charge in [0.05, 0.1) is 20.3 Å². The number of ether oxygens (including phenoxy) is 2. The first-order valence-corrected chi connectivity index (χ1v) is 7.70. The van der Waals surface area contributed by atoms with Crippen molar-refractivity contribution in [1.29, 1.82) is 0 Å². The van der Waals surface area contributed by atoms with E-state index in [1.54, 1.807) is 14.2 Å². The van der Waals surface area contributed by atoms with Crippen molar-refractivity contribution in [2.75, 3.05) is 14.2 Å². The van der Waals surface area contributed by atoms with Gasteiger partial charge in [0.25, 0.3) is 0 Å². The summed E-state index contributed by atoms with van der Waals surface area (Å²) in [5.41, 5.74) is 1.30. The molecule has 112 valence electrons. The molecule has 1 aliphatic rings. The molecular weight excluding hydrogens is 250 g/mol. The van der Waals surface area contributed by atoms with Gasteiger partial charge in [-0.15, -0.1) is 0 Å². The number of quaternary nitrogens is 1. The summed E-state index contributed by atoms with van der Waals surface area (Å²) in [6, 6.07) is 6.97. The van der Waals surface area contributed by atoms with Crippen LogP contribution in [0.4, 0.5) is 0 Å². The maximum Gasteiger partial charge on any atom is 0.161 e. The van der Waals surface area contributed by atoms with E-state index in [-0.39, 0.29) is 0 Å². The Balaban J connectivity index is 1.96. The van der Waals surface area contributed by atoms with Crippen LogP contribution in [0, 0.1) is 11.8 Å². The first-order chi connectivity index (χ1) is 9.65. The van der Waals surface area contributed by atoms with Crippen molar-refractivity contribution < 1.29 is 14.8 Å². The first kappa shape index (κ1) is 15.2. The van der Waals surface area contributed by atoms with Gasteiger partial charge >= 0.3 is 0 Å². The van der Waals surface area contributed by atoms with Gasteiger partial charge in [0.1, 0.15) is 6.54 Å². The topological polar surface area (TPSA) is 35.1 Å². The van der Waals surface area contributed by atoms with Crippen LogP contribution in [0.1, 0.15) is 38.7 Å². The SMILES string of the molecule is COc1ccc(C[NH2+][C@@H]2CCC[C@@H](C)[C@@H]2C)cc1OC. The minimum absolute atomic E-state index is 0.756. The van der Waals surface area contributed by atoms with Crippen LogP contribution in [-0.4, -0.2) is 20.3 Å². The molecule has 3 heteroatoms. The summed E-state index contributed by atoms with van der Waals surface area (Å²) in [7, 11) is 3.37. The van der Waals surface area contributed by atoms with E-state index in [0.717, 1.165) is 35.9 Å². The summed E-state index contributed by atoms with van der Waals surface area (Å²) in [6.07, 6.45) is 4.11. The van der Waals surface area contributed by atoms with E-state index >= 15 is 0 Å². The Labute approximate surface area is 122 Å². The summed E-state index contributed by atoms with van der Waals surface area (Å²) < 4.78 is 10.6. The number of nitrogens with two attached hydrogens (primary N) is 1. The van der Waals surface area contributed by atoms with Crippen molar-refractivity contribution in [2.45, 2.75) is 45.7 Å². The van der Waals surface area contributed by atoms with Crippen LogP contribution in [0.3, 0.4) is 0 Å². The van der Waals surface area contributed by atoms with Crippen molar-refractivity contribution >= 4 is 0 Å². The molecule has 3 atom stereocenters.